The summed E-state index contributed by atoms with van der Waals surface area (Å²) in [5.74, 6) is 0.273. The molecule has 2 unspecified atom stereocenters. The molecule has 210 valence electrons. The van der Waals surface area contributed by atoms with Gasteiger partial charge in [-0.2, -0.15) is 18.3 Å². The standard InChI is InChI=1S/C26H25F5N8O/c1-2-14-7-15(3-4-18(14)25(40)39-11-16-8-17(39)9-33-16)35-23-24-34-10-20(38(24)6-5-32-23)19-12-37(13-21(27)28)36-22(19)26(29,30)31/h3-7,10,12,16-17,21,33H,2,8-9,11,13H2,1H3,(H,32,35). The number of rotatable bonds is 7. The number of halogens is 5. The number of anilines is 2. The van der Waals surface area contributed by atoms with E-state index in [-0.39, 0.29) is 34.7 Å². The number of hydrogen-bond donors (Lipinski definition) is 2. The Balaban J connectivity index is 1.31. The normalized spacial score (nSPS) is 18.8. The van der Waals surface area contributed by atoms with E-state index in [4.69, 9.17) is 0 Å². The van der Waals surface area contributed by atoms with Crippen molar-refractivity contribution in [2.24, 2.45) is 0 Å². The van der Waals surface area contributed by atoms with Gasteiger partial charge in [0.05, 0.1) is 17.5 Å². The molecular formula is C26H25F5N8O. The molecule has 2 N–H and O–H groups in total. The SMILES string of the molecule is CCc1cc(Nc2nccn3c(-c4cn(CC(F)F)nc4C(F)(F)F)cnc23)ccc1C(=O)N1CC2CC1CN2. The minimum atomic E-state index is -4.86. The lowest BCUT2D eigenvalue weighted by Gasteiger charge is -2.28. The summed E-state index contributed by atoms with van der Waals surface area (Å²) in [6, 6.07) is 5.93. The Labute approximate surface area is 225 Å². The number of alkyl halides is 5. The maximum absolute atomic E-state index is 13.7. The molecule has 2 atom stereocenters. The summed E-state index contributed by atoms with van der Waals surface area (Å²) in [6.45, 7) is 2.48. The van der Waals surface area contributed by atoms with E-state index in [9.17, 15) is 26.7 Å². The van der Waals surface area contributed by atoms with Crippen molar-refractivity contribution >= 4 is 23.1 Å². The molecule has 2 fully saturated rings. The number of aromatic nitrogens is 5. The number of hydrogen-bond acceptors (Lipinski definition) is 6. The Bertz CT molecular complexity index is 1580. The van der Waals surface area contributed by atoms with Crippen molar-refractivity contribution in [2.75, 3.05) is 18.4 Å². The smallest absolute Gasteiger partial charge is 0.337 e. The minimum Gasteiger partial charge on any atom is -0.337 e. The molecule has 0 spiro atoms. The average molecular weight is 561 g/mol. The van der Waals surface area contributed by atoms with Crippen LogP contribution in [0.3, 0.4) is 0 Å². The van der Waals surface area contributed by atoms with Crippen LogP contribution in [0, 0.1) is 0 Å². The van der Waals surface area contributed by atoms with Crippen molar-refractivity contribution in [3.05, 3.63) is 59.8 Å². The van der Waals surface area contributed by atoms with Crippen molar-refractivity contribution in [1.82, 2.24) is 34.4 Å². The first-order chi connectivity index (χ1) is 19.1. The van der Waals surface area contributed by atoms with Crippen molar-refractivity contribution in [2.45, 2.75) is 51.0 Å². The highest BCUT2D eigenvalue weighted by molar-refractivity contribution is 5.97. The topological polar surface area (TPSA) is 92.4 Å². The fourth-order valence-corrected chi connectivity index (χ4v) is 5.53. The number of carbonyl (C=O) groups excluding carboxylic acids is 1. The second kappa shape index (κ2) is 9.84. The zero-order valence-electron chi connectivity index (χ0n) is 21.3. The highest BCUT2D eigenvalue weighted by atomic mass is 19.4. The molecule has 0 radical (unpaired) electrons. The van der Waals surface area contributed by atoms with Gasteiger partial charge >= 0.3 is 6.18 Å². The Hall–Kier alpha value is -4.07. The van der Waals surface area contributed by atoms with E-state index in [0.717, 1.165) is 24.7 Å². The van der Waals surface area contributed by atoms with Crippen LogP contribution in [0.2, 0.25) is 0 Å². The number of carbonyl (C=O) groups is 1. The minimum absolute atomic E-state index is 0.00313. The van der Waals surface area contributed by atoms with E-state index in [1.165, 1.54) is 23.0 Å². The van der Waals surface area contributed by atoms with Crippen molar-refractivity contribution in [3.63, 3.8) is 0 Å². The van der Waals surface area contributed by atoms with Gasteiger partial charge in [-0.25, -0.2) is 18.7 Å². The van der Waals surface area contributed by atoms with Gasteiger partial charge in [-0.3, -0.25) is 13.9 Å². The van der Waals surface area contributed by atoms with Crippen molar-refractivity contribution in [1.29, 1.82) is 0 Å². The van der Waals surface area contributed by atoms with E-state index in [0.29, 0.717) is 34.9 Å². The second-order valence-electron chi connectivity index (χ2n) is 9.92. The molecular weight excluding hydrogens is 535 g/mol. The average Bonchev–Trinajstić information content (AvgIpc) is 3.71. The van der Waals surface area contributed by atoms with E-state index in [1.807, 2.05) is 17.9 Å². The Morgan fingerprint density at radius 1 is 1.25 bits per heavy atom. The molecule has 2 aliphatic rings. The number of fused-ring (bicyclic) bond motifs is 3. The fraction of sp³-hybridized carbons (Fsp3) is 0.385. The first kappa shape index (κ1) is 26.2. The predicted molar refractivity (Wildman–Crippen MR) is 136 cm³/mol. The zero-order chi connectivity index (χ0) is 28.2. The highest BCUT2D eigenvalue weighted by Gasteiger charge is 2.41. The fourth-order valence-electron chi connectivity index (χ4n) is 5.53. The molecule has 9 nitrogen and oxygen atoms in total. The Morgan fingerprint density at radius 3 is 2.75 bits per heavy atom. The largest absolute Gasteiger partial charge is 0.435 e. The molecule has 2 saturated heterocycles. The number of imidazole rings is 1. The molecule has 5 heterocycles. The summed E-state index contributed by atoms with van der Waals surface area (Å²) in [4.78, 5) is 23.8. The molecule has 3 aromatic heterocycles. The van der Waals surface area contributed by atoms with Gasteiger partial charge in [0.2, 0.25) is 0 Å². The molecule has 6 rings (SSSR count). The van der Waals surface area contributed by atoms with E-state index < -0.39 is 24.8 Å². The van der Waals surface area contributed by atoms with Crippen LogP contribution in [0.25, 0.3) is 16.9 Å². The molecule has 1 aromatic carbocycles. The van der Waals surface area contributed by atoms with Gasteiger partial charge in [0.1, 0.15) is 6.54 Å². The Morgan fingerprint density at radius 2 is 2.08 bits per heavy atom. The summed E-state index contributed by atoms with van der Waals surface area (Å²) in [5, 5.41) is 9.91. The number of amides is 1. The molecule has 0 aliphatic carbocycles. The summed E-state index contributed by atoms with van der Waals surface area (Å²) < 4.78 is 68.8. The van der Waals surface area contributed by atoms with Gasteiger partial charge < -0.3 is 15.5 Å². The second-order valence-corrected chi connectivity index (χ2v) is 9.92. The third-order valence-corrected chi connectivity index (χ3v) is 7.36. The van der Waals surface area contributed by atoms with Gasteiger partial charge in [-0.1, -0.05) is 6.92 Å². The maximum atomic E-state index is 13.7. The van der Waals surface area contributed by atoms with Crippen LogP contribution in [0.15, 0.2) is 43.0 Å². The van der Waals surface area contributed by atoms with Gasteiger partial charge in [0.15, 0.2) is 17.2 Å². The zero-order valence-corrected chi connectivity index (χ0v) is 21.3. The molecule has 4 aromatic rings. The van der Waals surface area contributed by atoms with Crippen LogP contribution in [0.1, 0.15) is 35.0 Å². The first-order valence-corrected chi connectivity index (χ1v) is 12.8. The van der Waals surface area contributed by atoms with Gasteiger partial charge in [0.25, 0.3) is 12.3 Å². The lowest BCUT2D eigenvalue weighted by molar-refractivity contribution is -0.141. The predicted octanol–water partition coefficient (Wildman–Crippen LogP) is 4.37. The maximum Gasteiger partial charge on any atom is 0.435 e. The number of nitrogens with one attached hydrogen (secondary N) is 2. The van der Waals surface area contributed by atoms with Crippen LogP contribution >= 0.6 is 0 Å². The number of piperazine rings is 1. The van der Waals surface area contributed by atoms with Crippen LogP contribution in [-0.4, -0.2) is 66.6 Å². The van der Waals surface area contributed by atoms with E-state index in [2.05, 4.69) is 25.7 Å². The number of likely N-dealkylation sites (tertiary alicyclic amines) is 1. The summed E-state index contributed by atoms with van der Waals surface area (Å²) >= 11 is 0. The molecule has 40 heavy (non-hydrogen) atoms. The Kier molecular flexibility index (Phi) is 6.44. The van der Waals surface area contributed by atoms with E-state index >= 15 is 0 Å². The lowest BCUT2D eigenvalue weighted by Crippen LogP contribution is -2.46. The molecule has 0 saturated carbocycles. The summed E-state index contributed by atoms with van der Waals surface area (Å²) in [5.41, 5.74) is 0.710. The third-order valence-electron chi connectivity index (χ3n) is 7.36. The van der Waals surface area contributed by atoms with E-state index in [1.54, 1.807) is 12.1 Å². The van der Waals surface area contributed by atoms with Gasteiger partial charge in [0, 0.05) is 55.0 Å². The van der Waals surface area contributed by atoms with Gasteiger partial charge in [-0.15, -0.1) is 0 Å². The van der Waals surface area contributed by atoms with Crippen LogP contribution in [0.5, 0.6) is 0 Å². The summed E-state index contributed by atoms with van der Waals surface area (Å²) in [7, 11) is 0. The molecule has 1 amide bonds. The highest BCUT2D eigenvalue weighted by Crippen LogP contribution is 2.37. The third kappa shape index (κ3) is 4.65. The molecule has 2 bridgehead atoms. The van der Waals surface area contributed by atoms with Crippen LogP contribution in [0.4, 0.5) is 33.5 Å². The molecule has 2 aliphatic heterocycles. The van der Waals surface area contributed by atoms with Gasteiger partial charge in [-0.05, 0) is 36.6 Å². The summed E-state index contributed by atoms with van der Waals surface area (Å²) in [6.07, 6.45) is -1.15. The first-order valence-electron chi connectivity index (χ1n) is 12.8. The van der Waals surface area contributed by atoms with Crippen LogP contribution < -0.4 is 10.6 Å². The monoisotopic (exact) mass is 560 g/mol. The van der Waals surface area contributed by atoms with Crippen molar-refractivity contribution < 1.29 is 26.7 Å². The number of nitrogens with zero attached hydrogens (tertiary/aromatic N) is 6. The quantitative estimate of drug-likeness (QED) is 0.326. The molecule has 14 heteroatoms. The van der Waals surface area contributed by atoms with Crippen molar-refractivity contribution in [3.8, 4) is 11.3 Å². The lowest BCUT2D eigenvalue weighted by atomic mass is 10.0. The van der Waals surface area contributed by atoms with Crippen LogP contribution in [-0.2, 0) is 19.1 Å². The number of benzene rings is 1. The number of aryl methyl sites for hydroxylation is 1.